The Balaban J connectivity index is 1.40. The molecule has 2 aromatic heterocycles. The molecule has 0 saturated carbocycles. The molecule has 0 amide bonds. The van der Waals surface area contributed by atoms with Crippen molar-refractivity contribution in [1.82, 2.24) is 14.5 Å². The normalized spacial score (nSPS) is 20.4. The Morgan fingerprint density at radius 2 is 1.69 bits per heavy atom. The first-order valence-corrected chi connectivity index (χ1v) is 12.6. The van der Waals surface area contributed by atoms with Crippen molar-refractivity contribution in [2.24, 2.45) is 0 Å². The van der Waals surface area contributed by atoms with Gasteiger partial charge in [0.25, 0.3) is 0 Å². The highest BCUT2D eigenvalue weighted by Gasteiger charge is 2.52. The molecule has 3 heterocycles. The van der Waals surface area contributed by atoms with Crippen LogP contribution >= 0.6 is 11.6 Å². The highest BCUT2D eigenvalue weighted by Crippen LogP contribution is 2.41. The molecule has 9 nitrogen and oxygen atoms in total. The largest absolute Gasteiger partial charge is 0.461 e. The van der Waals surface area contributed by atoms with Crippen molar-refractivity contribution in [3.05, 3.63) is 89.3 Å². The van der Waals surface area contributed by atoms with Crippen LogP contribution in [-0.4, -0.2) is 44.8 Å². The molecular formula is C29H25ClN4O5. The fraction of sp³-hybridized carbons (Fsp3) is 0.241. The molecule has 5 rings (SSSR count). The maximum absolute atomic E-state index is 12.9. The van der Waals surface area contributed by atoms with E-state index in [1.807, 2.05) is 60.7 Å². The Kier molecular flexibility index (Phi) is 7.50. The predicted molar refractivity (Wildman–Crippen MR) is 144 cm³/mol. The molecule has 3 atom stereocenters. The van der Waals surface area contributed by atoms with Crippen molar-refractivity contribution in [2.45, 2.75) is 37.2 Å². The summed E-state index contributed by atoms with van der Waals surface area (Å²) >= 11 is 6.05. The number of anilines is 1. The molecule has 0 spiro atoms. The van der Waals surface area contributed by atoms with Gasteiger partial charge in [-0.1, -0.05) is 66.6 Å². The Bertz CT molecular complexity index is 1540. The monoisotopic (exact) mass is 544 g/mol. The highest BCUT2D eigenvalue weighted by molar-refractivity contribution is 6.28. The second kappa shape index (κ2) is 11.2. The quantitative estimate of drug-likeness (QED) is 0.201. The fourth-order valence-electron chi connectivity index (χ4n) is 4.57. The summed E-state index contributed by atoms with van der Waals surface area (Å²) in [5, 5.41) is 0.551. The number of terminal acetylenes is 1. The van der Waals surface area contributed by atoms with Crippen LogP contribution in [-0.2, 0) is 36.6 Å². The van der Waals surface area contributed by atoms with Crippen molar-refractivity contribution in [1.29, 1.82) is 0 Å². The van der Waals surface area contributed by atoms with Gasteiger partial charge in [-0.15, -0.1) is 6.42 Å². The van der Waals surface area contributed by atoms with Gasteiger partial charge in [-0.25, -0.2) is 4.98 Å². The number of aromatic nitrogens is 3. The van der Waals surface area contributed by atoms with Crippen molar-refractivity contribution in [3.8, 4) is 12.3 Å². The van der Waals surface area contributed by atoms with E-state index in [9.17, 15) is 9.59 Å². The van der Waals surface area contributed by atoms with Crippen LogP contribution < -0.4 is 5.73 Å². The molecule has 2 N–H and O–H groups in total. The summed E-state index contributed by atoms with van der Waals surface area (Å²) < 4.78 is 19.5. The molecule has 1 fully saturated rings. The van der Waals surface area contributed by atoms with E-state index in [1.54, 1.807) is 16.8 Å². The van der Waals surface area contributed by atoms with Crippen molar-refractivity contribution >= 4 is 40.4 Å². The van der Waals surface area contributed by atoms with Crippen molar-refractivity contribution < 1.29 is 23.8 Å². The number of fused-ring (bicyclic) bond motifs is 1. The van der Waals surface area contributed by atoms with Crippen LogP contribution in [0.15, 0.2) is 72.9 Å². The van der Waals surface area contributed by atoms with Crippen molar-refractivity contribution in [3.63, 3.8) is 0 Å². The molecule has 39 heavy (non-hydrogen) atoms. The van der Waals surface area contributed by atoms with Gasteiger partial charge in [-0.2, -0.15) is 4.98 Å². The van der Waals surface area contributed by atoms with E-state index in [4.69, 9.17) is 38.0 Å². The first kappa shape index (κ1) is 26.2. The zero-order valence-corrected chi connectivity index (χ0v) is 21.6. The van der Waals surface area contributed by atoms with Crippen LogP contribution in [0.5, 0.6) is 0 Å². The Hall–Kier alpha value is -4.39. The lowest BCUT2D eigenvalue weighted by atomic mass is 9.98. The number of nitrogen functional groups attached to an aromatic ring is 1. The minimum atomic E-state index is -1.54. The SMILES string of the molecule is C#C[C@]1(COC(=O)Cc2ccccc2)O[C@@H](n2ccc3c(N)nc(Cl)nc32)C[C@@H]1OC(=O)Cc1ccccc1. The lowest BCUT2D eigenvalue weighted by molar-refractivity contribution is -0.166. The third-order valence-electron chi connectivity index (χ3n) is 6.51. The van der Waals surface area contributed by atoms with Gasteiger partial charge < -0.3 is 24.5 Å². The third-order valence-corrected chi connectivity index (χ3v) is 6.68. The topological polar surface area (TPSA) is 119 Å². The van der Waals surface area contributed by atoms with Gasteiger partial charge in [0.05, 0.1) is 18.2 Å². The summed E-state index contributed by atoms with van der Waals surface area (Å²) in [7, 11) is 0. The molecule has 0 bridgehead atoms. The maximum Gasteiger partial charge on any atom is 0.310 e. The average Bonchev–Trinajstić information content (AvgIpc) is 3.50. The van der Waals surface area contributed by atoms with Crippen LogP contribution in [0.25, 0.3) is 11.0 Å². The molecule has 10 heteroatoms. The number of carbonyl (C=O) groups is 2. The molecular weight excluding hydrogens is 520 g/mol. The number of halogens is 1. The number of rotatable bonds is 8. The number of nitrogens with two attached hydrogens (primary N) is 1. The summed E-state index contributed by atoms with van der Waals surface area (Å²) in [4.78, 5) is 33.9. The van der Waals surface area contributed by atoms with E-state index < -0.39 is 29.9 Å². The molecule has 0 radical (unpaired) electrons. The molecule has 0 unspecified atom stereocenters. The van der Waals surface area contributed by atoms with E-state index in [2.05, 4.69) is 15.9 Å². The lowest BCUT2D eigenvalue weighted by Crippen LogP contribution is -2.45. The van der Waals surface area contributed by atoms with Gasteiger partial charge >= 0.3 is 11.9 Å². The van der Waals surface area contributed by atoms with Gasteiger partial charge in [0.15, 0.2) is 0 Å². The van der Waals surface area contributed by atoms with E-state index >= 15 is 0 Å². The van der Waals surface area contributed by atoms with E-state index in [0.717, 1.165) is 11.1 Å². The number of ether oxygens (including phenoxy) is 3. The maximum atomic E-state index is 12.9. The van der Waals surface area contributed by atoms with Crippen LogP contribution in [0.4, 0.5) is 5.82 Å². The highest BCUT2D eigenvalue weighted by atomic mass is 35.5. The molecule has 198 valence electrons. The molecule has 4 aromatic rings. The number of esters is 2. The van der Waals surface area contributed by atoms with Crippen molar-refractivity contribution in [2.75, 3.05) is 12.3 Å². The number of hydrogen-bond donors (Lipinski definition) is 1. The molecule has 0 aliphatic carbocycles. The van der Waals surface area contributed by atoms with Gasteiger partial charge in [0.1, 0.15) is 30.4 Å². The van der Waals surface area contributed by atoms with Crippen LogP contribution in [0.3, 0.4) is 0 Å². The standard InChI is InChI=1S/C29H25ClN4O5/c1-2-29(18-37-24(35)15-19-9-5-3-6-10-19)22(38-25(36)16-20-11-7-4-8-12-20)17-23(39-29)34-14-13-21-26(31)32-28(30)33-27(21)34/h1,3-14,22-23H,15-18H2,(H2,31,32,33)/t22-,23+,29+/m0/s1. The second-order valence-corrected chi connectivity index (χ2v) is 9.48. The Labute approximate surface area is 229 Å². The lowest BCUT2D eigenvalue weighted by Gasteiger charge is -2.28. The molecule has 1 saturated heterocycles. The van der Waals surface area contributed by atoms with E-state index in [1.165, 1.54) is 0 Å². The fourth-order valence-corrected chi connectivity index (χ4v) is 4.75. The molecule has 1 aliphatic heterocycles. The Morgan fingerprint density at radius 1 is 1.05 bits per heavy atom. The van der Waals surface area contributed by atoms with E-state index in [-0.39, 0.29) is 37.0 Å². The minimum Gasteiger partial charge on any atom is -0.461 e. The van der Waals surface area contributed by atoms with Crippen LogP contribution in [0.1, 0.15) is 23.8 Å². The summed E-state index contributed by atoms with van der Waals surface area (Å²) in [6, 6.07) is 20.1. The summed E-state index contributed by atoms with van der Waals surface area (Å²) in [6.45, 7) is -0.313. The first-order valence-electron chi connectivity index (χ1n) is 12.2. The van der Waals surface area contributed by atoms with Gasteiger partial charge in [0.2, 0.25) is 10.9 Å². The molecule has 1 aliphatic rings. The Morgan fingerprint density at radius 3 is 2.33 bits per heavy atom. The van der Waals surface area contributed by atoms with Crippen LogP contribution in [0, 0.1) is 12.3 Å². The van der Waals surface area contributed by atoms with Gasteiger partial charge in [-0.05, 0) is 28.8 Å². The second-order valence-electron chi connectivity index (χ2n) is 9.14. The number of carbonyl (C=O) groups excluding carboxylic acids is 2. The van der Waals surface area contributed by atoms with E-state index in [0.29, 0.717) is 11.0 Å². The number of benzene rings is 2. The smallest absolute Gasteiger partial charge is 0.310 e. The molecule has 2 aromatic carbocycles. The minimum absolute atomic E-state index is 0.0261. The van der Waals surface area contributed by atoms with Gasteiger partial charge in [-0.3, -0.25) is 9.59 Å². The summed E-state index contributed by atoms with van der Waals surface area (Å²) in [6.07, 6.45) is 6.32. The zero-order valence-electron chi connectivity index (χ0n) is 20.8. The summed E-state index contributed by atoms with van der Waals surface area (Å²) in [5.41, 5.74) is 6.48. The average molecular weight is 545 g/mol. The van der Waals surface area contributed by atoms with Crippen LogP contribution in [0.2, 0.25) is 5.28 Å². The number of hydrogen-bond acceptors (Lipinski definition) is 8. The predicted octanol–water partition coefficient (Wildman–Crippen LogP) is 3.90. The first-order chi connectivity index (χ1) is 18.9. The summed E-state index contributed by atoms with van der Waals surface area (Å²) in [5.74, 6) is 1.84. The van der Waals surface area contributed by atoms with Gasteiger partial charge in [0, 0.05) is 12.6 Å². The zero-order chi connectivity index (χ0) is 27.4. The number of nitrogens with zero attached hydrogens (tertiary/aromatic N) is 3. The third kappa shape index (κ3) is 5.72.